The minimum atomic E-state index is 0.0759. The van der Waals surface area contributed by atoms with Crippen molar-refractivity contribution in [1.82, 2.24) is 0 Å². The van der Waals surface area contributed by atoms with Gasteiger partial charge in [-0.3, -0.25) is 0 Å². The fourth-order valence-electron chi connectivity index (χ4n) is 1.68. The Morgan fingerprint density at radius 3 is 2.18 bits per heavy atom. The van der Waals surface area contributed by atoms with Gasteiger partial charge < -0.3 is 9.84 Å². The van der Waals surface area contributed by atoms with Crippen molar-refractivity contribution in [2.24, 2.45) is 0 Å². The summed E-state index contributed by atoms with van der Waals surface area (Å²) >= 11 is 0. The van der Waals surface area contributed by atoms with E-state index < -0.39 is 0 Å². The van der Waals surface area contributed by atoms with Crippen molar-refractivity contribution in [3.63, 3.8) is 0 Å². The van der Waals surface area contributed by atoms with Crippen molar-refractivity contribution in [2.75, 3.05) is 0 Å². The Morgan fingerprint density at radius 2 is 1.41 bits per heavy atom. The zero-order valence-electron chi connectivity index (χ0n) is 9.67. The van der Waals surface area contributed by atoms with Crippen LogP contribution in [0.1, 0.15) is 16.7 Å². The Morgan fingerprint density at radius 1 is 0.765 bits per heavy atom. The summed E-state index contributed by atoms with van der Waals surface area (Å²) in [7, 11) is 0. The molecule has 2 rings (SSSR count). The van der Waals surface area contributed by atoms with Gasteiger partial charge in [0.15, 0.2) is 0 Å². The van der Waals surface area contributed by atoms with Gasteiger partial charge in [-0.1, -0.05) is 54.6 Å². The number of aliphatic hydroxyl groups is 1. The Kier molecular flexibility index (Phi) is 4.30. The maximum Gasteiger partial charge on any atom is 0.0721 e. The van der Waals surface area contributed by atoms with Crippen molar-refractivity contribution in [2.45, 2.75) is 19.8 Å². The quantitative estimate of drug-likeness (QED) is 0.852. The molecule has 0 aliphatic heterocycles. The van der Waals surface area contributed by atoms with E-state index in [1.165, 1.54) is 5.56 Å². The number of hydrogen-bond acceptors (Lipinski definition) is 2. The molecule has 2 aromatic carbocycles. The van der Waals surface area contributed by atoms with Gasteiger partial charge in [-0.25, -0.2) is 0 Å². The van der Waals surface area contributed by atoms with Crippen LogP contribution in [-0.2, 0) is 24.6 Å². The summed E-state index contributed by atoms with van der Waals surface area (Å²) in [6.07, 6.45) is 0. The molecule has 0 radical (unpaired) electrons. The molecule has 0 bridgehead atoms. The van der Waals surface area contributed by atoms with Crippen molar-refractivity contribution in [3.8, 4) is 0 Å². The zero-order chi connectivity index (χ0) is 11.9. The second-order valence-corrected chi connectivity index (χ2v) is 3.96. The SMILES string of the molecule is OCc1cccc(COCc2ccccc2)c1. The van der Waals surface area contributed by atoms with Gasteiger partial charge in [0.1, 0.15) is 0 Å². The van der Waals surface area contributed by atoms with Crippen LogP contribution in [0.5, 0.6) is 0 Å². The van der Waals surface area contributed by atoms with Crippen molar-refractivity contribution in [1.29, 1.82) is 0 Å². The first-order chi connectivity index (χ1) is 8.38. The van der Waals surface area contributed by atoms with Crippen molar-refractivity contribution < 1.29 is 9.84 Å². The maximum atomic E-state index is 9.02. The van der Waals surface area contributed by atoms with Crippen LogP contribution in [-0.4, -0.2) is 5.11 Å². The Labute approximate surface area is 101 Å². The van der Waals surface area contributed by atoms with Gasteiger partial charge in [0.2, 0.25) is 0 Å². The molecule has 17 heavy (non-hydrogen) atoms. The van der Waals surface area contributed by atoms with Crippen LogP contribution < -0.4 is 0 Å². The predicted molar refractivity (Wildman–Crippen MR) is 67.3 cm³/mol. The summed E-state index contributed by atoms with van der Waals surface area (Å²) in [6.45, 7) is 1.26. The van der Waals surface area contributed by atoms with Crippen LogP contribution in [0.25, 0.3) is 0 Å². The lowest BCUT2D eigenvalue weighted by atomic mass is 10.1. The van der Waals surface area contributed by atoms with Crippen LogP contribution in [0.15, 0.2) is 54.6 Å². The number of rotatable bonds is 5. The van der Waals surface area contributed by atoms with Crippen molar-refractivity contribution >= 4 is 0 Å². The number of ether oxygens (including phenoxy) is 1. The van der Waals surface area contributed by atoms with Crippen LogP contribution in [0, 0.1) is 0 Å². The third-order valence-electron chi connectivity index (χ3n) is 2.55. The van der Waals surface area contributed by atoms with Crippen LogP contribution >= 0.6 is 0 Å². The monoisotopic (exact) mass is 228 g/mol. The number of hydrogen-bond donors (Lipinski definition) is 1. The van der Waals surface area contributed by atoms with E-state index in [4.69, 9.17) is 9.84 Å². The minimum Gasteiger partial charge on any atom is -0.392 e. The zero-order valence-corrected chi connectivity index (χ0v) is 9.67. The molecular formula is C15H16O2. The molecule has 1 N–H and O–H groups in total. The molecule has 0 amide bonds. The van der Waals surface area contributed by atoms with Gasteiger partial charge in [-0.2, -0.15) is 0 Å². The smallest absolute Gasteiger partial charge is 0.0721 e. The fraction of sp³-hybridized carbons (Fsp3) is 0.200. The second kappa shape index (κ2) is 6.18. The average Bonchev–Trinajstić information content (AvgIpc) is 2.40. The van der Waals surface area contributed by atoms with Gasteiger partial charge in [-0.15, -0.1) is 0 Å². The fourth-order valence-corrected chi connectivity index (χ4v) is 1.68. The molecule has 0 fully saturated rings. The standard InChI is InChI=1S/C15H16O2/c16-10-14-7-4-8-15(9-14)12-17-11-13-5-2-1-3-6-13/h1-9,16H,10-12H2. The van der Waals surface area contributed by atoms with Crippen LogP contribution in [0.2, 0.25) is 0 Å². The number of aliphatic hydroxyl groups excluding tert-OH is 1. The molecule has 0 spiro atoms. The van der Waals surface area contributed by atoms with Crippen LogP contribution in [0.3, 0.4) is 0 Å². The summed E-state index contributed by atoms with van der Waals surface area (Å²) in [5, 5.41) is 9.02. The highest BCUT2D eigenvalue weighted by atomic mass is 16.5. The third kappa shape index (κ3) is 3.70. The molecule has 0 atom stereocenters. The largest absolute Gasteiger partial charge is 0.392 e. The normalized spacial score (nSPS) is 10.4. The summed E-state index contributed by atoms with van der Waals surface area (Å²) in [5.41, 5.74) is 3.18. The van der Waals surface area contributed by atoms with Gasteiger partial charge in [-0.05, 0) is 16.7 Å². The van der Waals surface area contributed by atoms with E-state index in [0.717, 1.165) is 11.1 Å². The second-order valence-electron chi connectivity index (χ2n) is 3.96. The Bertz CT molecular complexity index is 451. The summed E-state index contributed by atoms with van der Waals surface area (Å²) in [5.74, 6) is 0. The highest BCUT2D eigenvalue weighted by Crippen LogP contribution is 2.08. The van der Waals surface area contributed by atoms with Gasteiger partial charge in [0, 0.05) is 0 Å². The summed E-state index contributed by atoms with van der Waals surface area (Å²) < 4.78 is 5.62. The Balaban J connectivity index is 1.86. The lowest BCUT2D eigenvalue weighted by Gasteiger charge is -2.05. The lowest BCUT2D eigenvalue weighted by molar-refractivity contribution is 0.107. The summed E-state index contributed by atoms with van der Waals surface area (Å²) in [6, 6.07) is 17.9. The van der Waals surface area contributed by atoms with E-state index in [-0.39, 0.29) is 6.61 Å². The van der Waals surface area contributed by atoms with Crippen LogP contribution in [0.4, 0.5) is 0 Å². The molecule has 0 aromatic heterocycles. The molecule has 88 valence electrons. The first-order valence-corrected chi connectivity index (χ1v) is 5.69. The highest BCUT2D eigenvalue weighted by molar-refractivity contribution is 5.22. The molecule has 0 heterocycles. The summed E-state index contributed by atoms with van der Waals surface area (Å²) in [4.78, 5) is 0. The van der Waals surface area contributed by atoms with Gasteiger partial charge in [0.25, 0.3) is 0 Å². The molecule has 0 saturated carbocycles. The molecule has 0 saturated heterocycles. The first-order valence-electron chi connectivity index (χ1n) is 5.69. The van der Waals surface area contributed by atoms with E-state index in [1.54, 1.807) is 0 Å². The molecule has 0 unspecified atom stereocenters. The average molecular weight is 228 g/mol. The van der Waals surface area contributed by atoms with Gasteiger partial charge >= 0.3 is 0 Å². The maximum absolute atomic E-state index is 9.02. The third-order valence-corrected chi connectivity index (χ3v) is 2.55. The molecule has 2 heteroatoms. The van der Waals surface area contributed by atoms with E-state index in [1.807, 2.05) is 54.6 Å². The molecule has 0 aliphatic carbocycles. The lowest BCUT2D eigenvalue weighted by Crippen LogP contribution is -1.95. The van der Waals surface area contributed by atoms with E-state index in [2.05, 4.69) is 0 Å². The number of benzene rings is 2. The van der Waals surface area contributed by atoms with Gasteiger partial charge in [0.05, 0.1) is 19.8 Å². The van der Waals surface area contributed by atoms with E-state index in [9.17, 15) is 0 Å². The predicted octanol–water partition coefficient (Wildman–Crippen LogP) is 2.90. The molecule has 2 aromatic rings. The van der Waals surface area contributed by atoms with E-state index >= 15 is 0 Å². The molecule has 0 aliphatic rings. The Hall–Kier alpha value is -1.64. The van der Waals surface area contributed by atoms with Crippen molar-refractivity contribution in [3.05, 3.63) is 71.3 Å². The topological polar surface area (TPSA) is 29.5 Å². The minimum absolute atomic E-state index is 0.0759. The van der Waals surface area contributed by atoms with E-state index in [0.29, 0.717) is 13.2 Å². The molecular weight excluding hydrogens is 212 g/mol. The first kappa shape index (κ1) is 11.8. The molecule has 2 nitrogen and oxygen atoms in total. The highest BCUT2D eigenvalue weighted by Gasteiger charge is 1.96.